The van der Waals surface area contributed by atoms with Gasteiger partial charge in [0.2, 0.25) is 0 Å². The van der Waals surface area contributed by atoms with Gasteiger partial charge in [0.25, 0.3) is 0 Å². The third-order valence-electron chi connectivity index (χ3n) is 3.02. The van der Waals surface area contributed by atoms with Crippen LogP contribution in [0, 0.1) is 0 Å². The molecule has 2 N–H and O–H groups in total. The van der Waals surface area contributed by atoms with Crippen LogP contribution in [0.1, 0.15) is 25.0 Å². The summed E-state index contributed by atoms with van der Waals surface area (Å²) < 4.78 is 38.2. The maximum absolute atomic E-state index is 13.6. The second-order valence-corrected chi connectivity index (χ2v) is 6.86. The summed E-state index contributed by atoms with van der Waals surface area (Å²) in [5.41, 5.74) is -4.10. The lowest BCUT2D eigenvalue weighted by molar-refractivity contribution is 0.0557. The van der Waals surface area contributed by atoms with Crippen molar-refractivity contribution >= 4 is 40.5 Å². The van der Waals surface area contributed by atoms with Gasteiger partial charge in [-0.15, -0.1) is 17.0 Å². The Kier molecular flexibility index (Phi) is 8.19. The van der Waals surface area contributed by atoms with Gasteiger partial charge in [-0.05, 0) is 24.7 Å². The number of hydrogen-bond acceptors (Lipinski definition) is 2. The van der Waals surface area contributed by atoms with E-state index in [0.717, 1.165) is 24.7 Å². The van der Waals surface area contributed by atoms with E-state index in [1.54, 1.807) is 0 Å². The van der Waals surface area contributed by atoms with Crippen LogP contribution in [-0.2, 0) is 16.8 Å². The molecule has 0 fully saturated rings. The van der Waals surface area contributed by atoms with E-state index in [0.29, 0.717) is 6.54 Å². The molecule has 9 heteroatoms. The number of halogens is 4. The van der Waals surface area contributed by atoms with E-state index < -0.39 is 18.8 Å². The van der Waals surface area contributed by atoms with Crippen LogP contribution in [-0.4, -0.2) is 27.8 Å². The summed E-state index contributed by atoms with van der Waals surface area (Å²) >= 11 is 2.97. The van der Waals surface area contributed by atoms with E-state index >= 15 is 0 Å². The summed E-state index contributed by atoms with van der Waals surface area (Å²) in [5, 5.41) is 0. The van der Waals surface area contributed by atoms with Crippen molar-refractivity contribution in [2.24, 2.45) is 0 Å². The first kappa shape index (κ1) is 21.1. The molecule has 0 aliphatic rings. The largest absolute Gasteiger partial charge is 0.399 e. The lowest BCUT2D eigenvalue weighted by Crippen LogP contribution is -2.22. The number of hydrogen-bond donors (Lipinski definition) is 2. The molecule has 0 radical (unpaired) electrons. The lowest BCUT2D eigenvalue weighted by Gasteiger charge is -2.21. The summed E-state index contributed by atoms with van der Waals surface area (Å²) in [7, 11) is -5.55. The maximum atomic E-state index is 13.6. The van der Waals surface area contributed by atoms with E-state index in [1.165, 1.54) is 12.1 Å². The highest BCUT2D eigenvalue weighted by Gasteiger charge is 2.51. The zero-order chi connectivity index (χ0) is 15.6. The molecular formula is C12H18Br2F2NO3P. The molecule has 21 heavy (non-hydrogen) atoms. The van der Waals surface area contributed by atoms with Crippen molar-refractivity contribution in [2.75, 3.05) is 13.1 Å². The molecule has 0 saturated heterocycles. The summed E-state index contributed by atoms with van der Waals surface area (Å²) in [6, 6.07) is 3.99. The Morgan fingerprint density at radius 1 is 1.29 bits per heavy atom. The van der Waals surface area contributed by atoms with Gasteiger partial charge in [0.15, 0.2) is 0 Å². The van der Waals surface area contributed by atoms with Gasteiger partial charge < -0.3 is 9.79 Å². The van der Waals surface area contributed by atoms with Crippen LogP contribution in [0.2, 0.25) is 0 Å². The highest BCUT2D eigenvalue weighted by Crippen LogP contribution is 2.60. The van der Waals surface area contributed by atoms with Gasteiger partial charge in [0, 0.05) is 16.6 Å². The molecule has 0 saturated carbocycles. The van der Waals surface area contributed by atoms with Crippen LogP contribution in [0.3, 0.4) is 0 Å². The summed E-state index contributed by atoms with van der Waals surface area (Å²) in [6.07, 6.45) is 0. The first-order chi connectivity index (χ1) is 9.13. The standard InChI is InChI=1S/C12H17BrF2NO3P.BrH/c1-3-16(4-2)8-9-5-6-10(11(13)7-9)12(14,15)20(17,18)19;/h5-7H,3-4,8H2,1-2H3,(H2,17,18,19);1H. The van der Waals surface area contributed by atoms with Crippen molar-refractivity contribution in [3.8, 4) is 0 Å². The molecule has 0 bridgehead atoms. The van der Waals surface area contributed by atoms with Crippen molar-refractivity contribution < 1.29 is 23.1 Å². The van der Waals surface area contributed by atoms with Gasteiger partial charge in [0.05, 0.1) is 0 Å². The third-order valence-corrected chi connectivity index (χ3v) is 4.65. The molecule has 1 rings (SSSR count). The molecule has 4 nitrogen and oxygen atoms in total. The highest BCUT2D eigenvalue weighted by molar-refractivity contribution is 9.10. The zero-order valence-corrected chi connectivity index (χ0v) is 15.8. The van der Waals surface area contributed by atoms with Gasteiger partial charge in [-0.3, -0.25) is 9.46 Å². The Morgan fingerprint density at radius 2 is 1.81 bits per heavy atom. The molecule has 0 amide bonds. The number of rotatable bonds is 6. The number of benzene rings is 1. The second kappa shape index (κ2) is 8.13. The van der Waals surface area contributed by atoms with E-state index in [2.05, 4.69) is 20.8 Å². The molecule has 0 aliphatic carbocycles. The van der Waals surface area contributed by atoms with Gasteiger partial charge in [0.1, 0.15) is 0 Å². The van der Waals surface area contributed by atoms with Gasteiger partial charge in [-0.25, -0.2) is 0 Å². The normalized spacial score (nSPS) is 12.4. The molecule has 0 unspecified atom stereocenters. The van der Waals surface area contributed by atoms with Crippen molar-refractivity contribution in [1.29, 1.82) is 0 Å². The zero-order valence-electron chi connectivity index (χ0n) is 11.6. The van der Waals surface area contributed by atoms with E-state index in [9.17, 15) is 13.3 Å². The first-order valence-corrected chi connectivity index (χ1v) is 8.48. The second-order valence-electron chi connectivity index (χ2n) is 4.36. The van der Waals surface area contributed by atoms with Crippen molar-refractivity contribution in [3.63, 3.8) is 0 Å². The fraction of sp³-hybridized carbons (Fsp3) is 0.500. The molecule has 0 spiro atoms. The van der Waals surface area contributed by atoms with Crippen LogP contribution in [0.4, 0.5) is 8.78 Å². The van der Waals surface area contributed by atoms with Crippen LogP contribution in [0.25, 0.3) is 0 Å². The Morgan fingerprint density at radius 3 is 2.19 bits per heavy atom. The topological polar surface area (TPSA) is 60.8 Å². The van der Waals surface area contributed by atoms with Crippen molar-refractivity contribution in [2.45, 2.75) is 26.1 Å². The Labute approximate surface area is 141 Å². The minimum Gasteiger partial charge on any atom is -0.320 e. The number of alkyl halides is 2. The summed E-state index contributed by atoms with van der Waals surface area (Å²) in [5.74, 6) is 0. The molecule has 1 aromatic rings. The monoisotopic (exact) mass is 451 g/mol. The Bertz CT molecular complexity index is 521. The van der Waals surface area contributed by atoms with Gasteiger partial charge in [-0.1, -0.05) is 41.9 Å². The van der Waals surface area contributed by atoms with Crippen LogP contribution < -0.4 is 0 Å². The number of nitrogens with zero attached hydrogens (tertiary/aromatic N) is 1. The fourth-order valence-corrected chi connectivity index (χ4v) is 3.10. The van der Waals surface area contributed by atoms with Gasteiger partial charge >= 0.3 is 13.3 Å². The molecule has 0 heterocycles. The Hall–Kier alpha value is 0.150. The smallest absolute Gasteiger partial charge is 0.320 e. The van der Waals surface area contributed by atoms with Crippen molar-refractivity contribution in [3.05, 3.63) is 33.8 Å². The van der Waals surface area contributed by atoms with E-state index in [4.69, 9.17) is 9.79 Å². The quantitative estimate of drug-likeness (QED) is 0.638. The molecule has 122 valence electrons. The maximum Gasteiger partial charge on any atom is 0.399 e. The summed E-state index contributed by atoms with van der Waals surface area (Å²) in [6.45, 7) is 6.24. The fourth-order valence-electron chi connectivity index (χ4n) is 1.76. The molecule has 0 atom stereocenters. The predicted molar refractivity (Wildman–Crippen MR) is 87.0 cm³/mol. The first-order valence-electron chi connectivity index (χ1n) is 6.08. The molecule has 0 aromatic heterocycles. The average molecular weight is 453 g/mol. The molecule has 1 aromatic carbocycles. The van der Waals surface area contributed by atoms with Crippen LogP contribution in [0.15, 0.2) is 22.7 Å². The van der Waals surface area contributed by atoms with E-state index in [-0.39, 0.29) is 21.5 Å². The minimum absolute atomic E-state index is 0. The predicted octanol–water partition coefficient (Wildman–Crippen LogP) is 4.10. The third kappa shape index (κ3) is 5.08. The summed E-state index contributed by atoms with van der Waals surface area (Å²) in [4.78, 5) is 19.6. The average Bonchev–Trinajstić information content (AvgIpc) is 2.34. The SMILES string of the molecule is Br.CCN(CC)Cc1ccc(C(F)(F)P(=O)(O)O)c(Br)c1. The lowest BCUT2D eigenvalue weighted by atomic mass is 10.1. The highest BCUT2D eigenvalue weighted by atomic mass is 79.9. The van der Waals surface area contributed by atoms with Crippen molar-refractivity contribution in [1.82, 2.24) is 4.90 Å². The molecular weight excluding hydrogens is 435 g/mol. The van der Waals surface area contributed by atoms with Crippen LogP contribution in [0.5, 0.6) is 0 Å². The minimum atomic E-state index is -5.55. The van der Waals surface area contributed by atoms with Gasteiger partial charge in [-0.2, -0.15) is 8.78 Å². The molecule has 0 aliphatic heterocycles. The Balaban J connectivity index is 0.00000400. The van der Waals surface area contributed by atoms with E-state index in [1.807, 2.05) is 13.8 Å². The van der Waals surface area contributed by atoms with Crippen LogP contribution >= 0.6 is 40.5 Å².